The summed E-state index contributed by atoms with van der Waals surface area (Å²) in [6.45, 7) is 14.2. The van der Waals surface area contributed by atoms with Crippen molar-refractivity contribution in [3.05, 3.63) is 34.9 Å². The molecule has 0 saturated heterocycles. The van der Waals surface area contributed by atoms with Crippen molar-refractivity contribution in [3.63, 3.8) is 0 Å². The van der Waals surface area contributed by atoms with Crippen LogP contribution in [0.3, 0.4) is 0 Å². The van der Waals surface area contributed by atoms with Crippen LogP contribution in [-0.4, -0.2) is 0 Å². The lowest BCUT2D eigenvalue weighted by Gasteiger charge is -2.42. The van der Waals surface area contributed by atoms with Crippen molar-refractivity contribution in [2.75, 3.05) is 0 Å². The van der Waals surface area contributed by atoms with Crippen LogP contribution >= 0.6 is 15.9 Å². The molecule has 0 aromatic heterocycles. The molecule has 0 N–H and O–H groups in total. The second-order valence-corrected chi connectivity index (χ2v) is 9.23. The molecule has 2 unspecified atom stereocenters. The van der Waals surface area contributed by atoms with E-state index in [0.29, 0.717) is 21.6 Å². The van der Waals surface area contributed by atoms with Crippen molar-refractivity contribution in [1.29, 1.82) is 0 Å². The zero-order valence-corrected chi connectivity index (χ0v) is 16.2. The Hall–Kier alpha value is -0.300. The molecule has 2 atom stereocenters. The highest BCUT2D eigenvalue weighted by molar-refractivity contribution is 9.09. The van der Waals surface area contributed by atoms with E-state index >= 15 is 0 Å². The molecule has 0 heterocycles. The highest BCUT2D eigenvalue weighted by Crippen LogP contribution is 2.47. The third-order valence-electron chi connectivity index (χ3n) is 5.44. The molecule has 1 aromatic rings. The molecule has 21 heavy (non-hydrogen) atoms. The van der Waals surface area contributed by atoms with E-state index in [1.54, 1.807) is 11.1 Å². The SMILES string of the molecule is CCCC(C)C(Br)c1ccc2c(c1)C(C)(C)CCC2(C)C. The molecule has 1 aliphatic rings. The summed E-state index contributed by atoms with van der Waals surface area (Å²) in [4.78, 5) is 0.476. The van der Waals surface area contributed by atoms with E-state index in [4.69, 9.17) is 0 Å². The number of hydrogen-bond acceptors (Lipinski definition) is 0. The molecule has 0 aliphatic heterocycles. The van der Waals surface area contributed by atoms with Crippen molar-refractivity contribution in [2.45, 2.75) is 82.9 Å². The fraction of sp³-hybridized carbons (Fsp3) is 0.700. The lowest BCUT2D eigenvalue weighted by molar-refractivity contribution is 0.331. The summed E-state index contributed by atoms with van der Waals surface area (Å²) in [5, 5.41) is 0. The highest BCUT2D eigenvalue weighted by atomic mass is 79.9. The number of fused-ring (bicyclic) bond motifs is 1. The second-order valence-electron chi connectivity index (χ2n) is 8.24. The van der Waals surface area contributed by atoms with Crippen LogP contribution in [0.4, 0.5) is 0 Å². The average molecular weight is 351 g/mol. The van der Waals surface area contributed by atoms with Gasteiger partial charge in [0.1, 0.15) is 0 Å². The second kappa shape index (κ2) is 6.07. The summed E-state index contributed by atoms with van der Waals surface area (Å²) in [5.74, 6) is 0.688. The first-order valence-corrected chi connectivity index (χ1v) is 9.39. The van der Waals surface area contributed by atoms with Crippen LogP contribution < -0.4 is 0 Å². The van der Waals surface area contributed by atoms with Crippen molar-refractivity contribution in [2.24, 2.45) is 5.92 Å². The molecule has 0 nitrogen and oxygen atoms in total. The van der Waals surface area contributed by atoms with Crippen LogP contribution in [0.5, 0.6) is 0 Å². The average Bonchev–Trinajstić information content (AvgIpc) is 2.43. The van der Waals surface area contributed by atoms with E-state index in [-0.39, 0.29) is 0 Å². The smallest absolute Gasteiger partial charge is 0.0420 e. The van der Waals surface area contributed by atoms with E-state index < -0.39 is 0 Å². The van der Waals surface area contributed by atoms with Crippen LogP contribution in [-0.2, 0) is 10.8 Å². The van der Waals surface area contributed by atoms with E-state index in [9.17, 15) is 0 Å². The van der Waals surface area contributed by atoms with Crippen LogP contribution in [0.1, 0.15) is 88.7 Å². The molecule has 0 saturated carbocycles. The van der Waals surface area contributed by atoms with Gasteiger partial charge < -0.3 is 0 Å². The van der Waals surface area contributed by atoms with Gasteiger partial charge >= 0.3 is 0 Å². The van der Waals surface area contributed by atoms with Gasteiger partial charge in [0.25, 0.3) is 0 Å². The van der Waals surface area contributed by atoms with Crippen LogP contribution in [0.15, 0.2) is 18.2 Å². The summed E-state index contributed by atoms with van der Waals surface area (Å²) >= 11 is 3.95. The van der Waals surface area contributed by atoms with Crippen molar-refractivity contribution in [1.82, 2.24) is 0 Å². The van der Waals surface area contributed by atoms with E-state index in [1.807, 2.05) is 0 Å². The Balaban J connectivity index is 2.42. The van der Waals surface area contributed by atoms with Gasteiger partial charge in [-0.25, -0.2) is 0 Å². The molecule has 0 radical (unpaired) electrons. The van der Waals surface area contributed by atoms with Crippen LogP contribution in [0, 0.1) is 5.92 Å². The van der Waals surface area contributed by atoms with Crippen LogP contribution in [0.2, 0.25) is 0 Å². The number of rotatable bonds is 4. The molecule has 2 rings (SSSR count). The van der Waals surface area contributed by atoms with Gasteiger partial charge in [-0.15, -0.1) is 0 Å². The summed E-state index contributed by atoms with van der Waals surface area (Å²) in [7, 11) is 0. The number of benzene rings is 1. The van der Waals surface area contributed by atoms with Gasteiger partial charge in [-0.05, 0) is 52.7 Å². The Morgan fingerprint density at radius 3 is 2.19 bits per heavy atom. The maximum atomic E-state index is 3.95. The van der Waals surface area contributed by atoms with Gasteiger partial charge in [0.15, 0.2) is 0 Å². The van der Waals surface area contributed by atoms with Gasteiger partial charge in [-0.1, -0.05) is 82.1 Å². The summed E-state index contributed by atoms with van der Waals surface area (Å²) in [6.07, 6.45) is 5.11. The third-order valence-corrected chi connectivity index (χ3v) is 6.87. The molecule has 1 heteroatoms. The van der Waals surface area contributed by atoms with Gasteiger partial charge in [0, 0.05) is 4.83 Å². The third kappa shape index (κ3) is 3.38. The van der Waals surface area contributed by atoms with Gasteiger partial charge in [-0.3, -0.25) is 0 Å². The first kappa shape index (κ1) is 17.1. The Morgan fingerprint density at radius 1 is 1.05 bits per heavy atom. The molecule has 0 spiro atoms. The fourth-order valence-electron chi connectivity index (χ4n) is 3.71. The lowest BCUT2D eigenvalue weighted by Crippen LogP contribution is -2.34. The van der Waals surface area contributed by atoms with Gasteiger partial charge in [0.05, 0.1) is 0 Å². The normalized spacial score (nSPS) is 22.4. The number of alkyl halides is 1. The Morgan fingerprint density at radius 2 is 1.62 bits per heavy atom. The van der Waals surface area contributed by atoms with Crippen molar-refractivity contribution < 1.29 is 0 Å². The predicted octanol–water partition coefficient (Wildman–Crippen LogP) is 6.91. The highest BCUT2D eigenvalue weighted by Gasteiger charge is 2.37. The first-order valence-electron chi connectivity index (χ1n) is 8.48. The molecule has 0 bridgehead atoms. The Kier molecular flexibility index (Phi) is 4.93. The topological polar surface area (TPSA) is 0 Å². The predicted molar refractivity (Wildman–Crippen MR) is 97.5 cm³/mol. The minimum Gasteiger partial charge on any atom is -0.0836 e. The summed E-state index contributed by atoms with van der Waals surface area (Å²) in [6, 6.07) is 7.24. The van der Waals surface area contributed by atoms with E-state index in [2.05, 4.69) is 75.7 Å². The standard InChI is InChI=1S/C20H31Br/c1-7-8-14(2)18(21)15-9-10-16-17(13-15)20(5,6)12-11-19(16,3)4/h9-10,13-14,18H,7-8,11-12H2,1-6H3. The monoisotopic (exact) mass is 350 g/mol. The number of hydrogen-bond donors (Lipinski definition) is 0. The quantitative estimate of drug-likeness (QED) is 0.517. The van der Waals surface area contributed by atoms with E-state index in [0.717, 1.165) is 0 Å². The molecular formula is C20H31Br. The minimum atomic E-state index is 0.307. The minimum absolute atomic E-state index is 0.307. The molecule has 118 valence electrons. The zero-order valence-electron chi connectivity index (χ0n) is 14.6. The fourth-order valence-corrected chi connectivity index (χ4v) is 4.26. The number of halogens is 1. The molecule has 0 fully saturated rings. The molecule has 0 amide bonds. The zero-order chi connectivity index (χ0) is 15.8. The van der Waals surface area contributed by atoms with Gasteiger partial charge in [0.2, 0.25) is 0 Å². The lowest BCUT2D eigenvalue weighted by atomic mass is 9.63. The van der Waals surface area contributed by atoms with E-state index in [1.165, 1.54) is 31.2 Å². The Bertz CT molecular complexity index is 499. The molecule has 1 aliphatic carbocycles. The molecular weight excluding hydrogens is 320 g/mol. The Labute approximate surface area is 139 Å². The first-order chi connectivity index (χ1) is 9.69. The maximum absolute atomic E-state index is 3.95. The maximum Gasteiger partial charge on any atom is 0.0420 e. The van der Waals surface area contributed by atoms with Crippen molar-refractivity contribution in [3.8, 4) is 0 Å². The summed E-state index contributed by atoms with van der Waals surface area (Å²) < 4.78 is 0. The van der Waals surface area contributed by atoms with Crippen molar-refractivity contribution >= 4 is 15.9 Å². The summed E-state index contributed by atoms with van der Waals surface area (Å²) in [5.41, 5.74) is 5.22. The van der Waals surface area contributed by atoms with Gasteiger partial charge in [-0.2, -0.15) is 0 Å². The molecule has 1 aromatic carbocycles. The largest absolute Gasteiger partial charge is 0.0836 e. The van der Waals surface area contributed by atoms with Crippen LogP contribution in [0.25, 0.3) is 0 Å².